The fourth-order valence-corrected chi connectivity index (χ4v) is 2.72. The van der Waals surface area contributed by atoms with Crippen molar-refractivity contribution in [1.82, 2.24) is 4.98 Å². The monoisotopic (exact) mass is 236 g/mol. The van der Waals surface area contributed by atoms with Crippen LogP contribution in [0.5, 0.6) is 0 Å². The molecule has 4 heteroatoms. The normalized spacial score (nSPS) is 22.3. The van der Waals surface area contributed by atoms with Crippen molar-refractivity contribution in [3.8, 4) is 0 Å². The summed E-state index contributed by atoms with van der Waals surface area (Å²) in [6.45, 7) is 4.47. The lowest BCUT2D eigenvalue weighted by atomic mass is 10.2. The second-order valence-electron chi connectivity index (χ2n) is 5.02. The molecule has 1 aliphatic rings. The summed E-state index contributed by atoms with van der Waals surface area (Å²) in [5.74, 6) is -0.226. The van der Waals surface area contributed by atoms with Gasteiger partial charge in [0.05, 0.1) is 10.2 Å². The zero-order chi connectivity index (χ0) is 11.3. The standard InChI is InChI=1S/C12H13FN2S/c1-12(2)6-10(12)15-11-14-8-5-7(13)3-4-9(8)16-11/h3-5,10H,6H2,1-2H3,(H,14,15). The Hall–Kier alpha value is -1.16. The molecule has 1 aromatic heterocycles. The van der Waals surface area contributed by atoms with Crippen LogP contribution in [0.4, 0.5) is 9.52 Å². The molecule has 1 aliphatic carbocycles. The van der Waals surface area contributed by atoms with Crippen LogP contribution in [0.3, 0.4) is 0 Å². The minimum Gasteiger partial charge on any atom is -0.358 e. The van der Waals surface area contributed by atoms with Crippen LogP contribution in [0.25, 0.3) is 10.2 Å². The summed E-state index contributed by atoms with van der Waals surface area (Å²) in [6, 6.07) is 5.25. The fraction of sp³-hybridized carbons (Fsp3) is 0.417. The van der Waals surface area contributed by atoms with Gasteiger partial charge >= 0.3 is 0 Å². The Labute approximate surface area is 97.5 Å². The highest BCUT2D eigenvalue weighted by Gasteiger charge is 2.46. The molecule has 84 valence electrons. The number of nitrogens with one attached hydrogen (secondary N) is 1. The van der Waals surface area contributed by atoms with Crippen molar-refractivity contribution in [3.05, 3.63) is 24.0 Å². The van der Waals surface area contributed by atoms with Crippen LogP contribution in [0.15, 0.2) is 18.2 Å². The van der Waals surface area contributed by atoms with E-state index in [0.29, 0.717) is 11.5 Å². The summed E-state index contributed by atoms with van der Waals surface area (Å²) in [7, 11) is 0. The van der Waals surface area contributed by atoms with Crippen LogP contribution in [0.2, 0.25) is 0 Å². The summed E-state index contributed by atoms with van der Waals surface area (Å²) < 4.78 is 14.0. The van der Waals surface area contributed by atoms with Gasteiger partial charge in [0.25, 0.3) is 0 Å². The highest BCUT2D eigenvalue weighted by atomic mass is 32.1. The molecular weight excluding hydrogens is 223 g/mol. The van der Waals surface area contributed by atoms with Gasteiger partial charge in [-0.25, -0.2) is 9.37 Å². The number of fused-ring (bicyclic) bond motifs is 1. The smallest absolute Gasteiger partial charge is 0.184 e. The maximum absolute atomic E-state index is 13.0. The molecule has 0 radical (unpaired) electrons. The van der Waals surface area contributed by atoms with Crippen LogP contribution in [0.1, 0.15) is 20.3 Å². The number of nitrogens with zero attached hydrogens (tertiary/aromatic N) is 1. The summed E-state index contributed by atoms with van der Waals surface area (Å²) in [4.78, 5) is 4.39. The molecule has 0 aliphatic heterocycles. The van der Waals surface area contributed by atoms with Crippen molar-refractivity contribution < 1.29 is 4.39 Å². The van der Waals surface area contributed by atoms with Gasteiger partial charge in [-0.1, -0.05) is 25.2 Å². The molecule has 1 aromatic carbocycles. The van der Waals surface area contributed by atoms with Gasteiger partial charge in [0.15, 0.2) is 5.13 Å². The number of benzene rings is 1. The van der Waals surface area contributed by atoms with Crippen LogP contribution in [-0.2, 0) is 0 Å². The van der Waals surface area contributed by atoms with Crippen LogP contribution in [-0.4, -0.2) is 11.0 Å². The third kappa shape index (κ3) is 1.67. The maximum Gasteiger partial charge on any atom is 0.184 e. The van der Waals surface area contributed by atoms with Gasteiger partial charge in [0.2, 0.25) is 0 Å². The molecule has 1 saturated carbocycles. The number of rotatable bonds is 2. The van der Waals surface area contributed by atoms with E-state index in [1.807, 2.05) is 0 Å². The van der Waals surface area contributed by atoms with Gasteiger partial charge in [-0.05, 0) is 24.0 Å². The molecule has 1 fully saturated rings. The molecule has 16 heavy (non-hydrogen) atoms. The van der Waals surface area contributed by atoms with Gasteiger partial charge in [-0.15, -0.1) is 0 Å². The van der Waals surface area contributed by atoms with E-state index in [1.165, 1.54) is 18.6 Å². The topological polar surface area (TPSA) is 24.9 Å². The van der Waals surface area contributed by atoms with Crippen molar-refractivity contribution in [2.75, 3.05) is 5.32 Å². The second-order valence-corrected chi connectivity index (χ2v) is 6.05. The quantitative estimate of drug-likeness (QED) is 0.861. The molecule has 2 aromatic rings. The average molecular weight is 236 g/mol. The predicted molar refractivity (Wildman–Crippen MR) is 65.4 cm³/mol. The maximum atomic E-state index is 13.0. The molecule has 0 saturated heterocycles. The van der Waals surface area contributed by atoms with Crippen molar-refractivity contribution in [3.63, 3.8) is 0 Å². The molecule has 0 bridgehead atoms. The minimum absolute atomic E-state index is 0.226. The average Bonchev–Trinajstić information content (AvgIpc) is 2.64. The second kappa shape index (κ2) is 3.17. The Morgan fingerprint density at radius 2 is 2.25 bits per heavy atom. The van der Waals surface area contributed by atoms with Gasteiger partial charge in [-0.2, -0.15) is 0 Å². The minimum atomic E-state index is -0.226. The summed E-state index contributed by atoms with van der Waals surface area (Å²) >= 11 is 1.59. The summed E-state index contributed by atoms with van der Waals surface area (Å²) in [5.41, 5.74) is 1.12. The highest BCUT2D eigenvalue weighted by molar-refractivity contribution is 7.22. The molecule has 1 N–H and O–H groups in total. The van der Waals surface area contributed by atoms with Gasteiger partial charge < -0.3 is 5.32 Å². The lowest BCUT2D eigenvalue weighted by molar-refractivity contribution is 0.629. The summed E-state index contributed by atoms with van der Waals surface area (Å²) in [6.07, 6.45) is 1.18. The van der Waals surface area contributed by atoms with Gasteiger partial charge in [0, 0.05) is 12.1 Å². The number of aromatic nitrogens is 1. The number of hydrogen-bond acceptors (Lipinski definition) is 3. The largest absolute Gasteiger partial charge is 0.358 e. The molecule has 3 rings (SSSR count). The predicted octanol–water partition coefficient (Wildman–Crippen LogP) is 3.65. The highest BCUT2D eigenvalue weighted by Crippen LogP contribution is 2.47. The van der Waals surface area contributed by atoms with E-state index in [9.17, 15) is 4.39 Å². The van der Waals surface area contributed by atoms with Crippen LogP contribution >= 0.6 is 11.3 Å². The lowest BCUT2D eigenvalue weighted by Crippen LogP contribution is -2.07. The molecule has 2 nitrogen and oxygen atoms in total. The van der Waals surface area contributed by atoms with E-state index in [2.05, 4.69) is 24.1 Å². The van der Waals surface area contributed by atoms with E-state index in [1.54, 1.807) is 17.4 Å². The fourth-order valence-electron chi connectivity index (χ4n) is 1.82. The molecule has 1 unspecified atom stereocenters. The number of halogens is 1. The Morgan fingerprint density at radius 1 is 1.50 bits per heavy atom. The van der Waals surface area contributed by atoms with Gasteiger partial charge in [0.1, 0.15) is 5.82 Å². The first kappa shape index (κ1) is 10.0. The Balaban J connectivity index is 1.88. The van der Waals surface area contributed by atoms with E-state index in [4.69, 9.17) is 0 Å². The van der Waals surface area contributed by atoms with E-state index >= 15 is 0 Å². The molecule has 1 atom stereocenters. The van der Waals surface area contributed by atoms with Crippen molar-refractivity contribution >= 4 is 26.7 Å². The number of hydrogen-bond donors (Lipinski definition) is 1. The zero-order valence-corrected chi connectivity index (χ0v) is 10.1. The van der Waals surface area contributed by atoms with Crippen molar-refractivity contribution in [2.24, 2.45) is 5.41 Å². The Morgan fingerprint density at radius 3 is 2.94 bits per heavy atom. The van der Waals surface area contributed by atoms with Gasteiger partial charge in [-0.3, -0.25) is 0 Å². The summed E-state index contributed by atoms with van der Waals surface area (Å²) in [5, 5.41) is 4.30. The first-order chi connectivity index (χ1) is 7.54. The zero-order valence-electron chi connectivity index (χ0n) is 9.25. The molecule has 0 spiro atoms. The third-order valence-electron chi connectivity index (χ3n) is 3.16. The Kier molecular flexibility index (Phi) is 1.98. The number of thiazole rings is 1. The van der Waals surface area contributed by atoms with Crippen molar-refractivity contribution in [2.45, 2.75) is 26.3 Å². The first-order valence-corrected chi connectivity index (χ1v) is 6.19. The van der Waals surface area contributed by atoms with E-state index in [0.717, 1.165) is 15.3 Å². The first-order valence-electron chi connectivity index (χ1n) is 5.37. The molecular formula is C12H13FN2S. The third-order valence-corrected chi connectivity index (χ3v) is 4.13. The Bertz CT molecular complexity index is 547. The van der Waals surface area contributed by atoms with Crippen LogP contribution in [0, 0.1) is 11.2 Å². The van der Waals surface area contributed by atoms with E-state index < -0.39 is 0 Å². The van der Waals surface area contributed by atoms with E-state index in [-0.39, 0.29) is 5.82 Å². The SMILES string of the molecule is CC1(C)CC1Nc1nc2cc(F)ccc2s1. The van der Waals surface area contributed by atoms with Crippen molar-refractivity contribution in [1.29, 1.82) is 0 Å². The molecule has 0 amide bonds. The molecule has 1 heterocycles. The number of anilines is 1. The van der Waals surface area contributed by atoms with Crippen LogP contribution < -0.4 is 5.32 Å². The lowest BCUT2D eigenvalue weighted by Gasteiger charge is -2.03.